The average Bonchev–Trinajstić information content (AvgIpc) is 2.84. The summed E-state index contributed by atoms with van der Waals surface area (Å²) < 4.78 is 2.15. The van der Waals surface area contributed by atoms with Gasteiger partial charge in [-0.1, -0.05) is 0 Å². The molecular formula is C13H23N5O. The van der Waals surface area contributed by atoms with E-state index in [0.29, 0.717) is 12.6 Å². The van der Waals surface area contributed by atoms with Crippen molar-refractivity contribution in [3.63, 3.8) is 0 Å². The minimum absolute atomic E-state index is 0.238. The summed E-state index contributed by atoms with van der Waals surface area (Å²) in [6.07, 6.45) is 5.91. The number of primary amides is 1. The molecule has 2 rings (SSSR count). The molecule has 106 valence electrons. The van der Waals surface area contributed by atoms with Crippen LogP contribution in [0.1, 0.15) is 25.5 Å². The number of aromatic nitrogens is 2. The number of nitrogens with one attached hydrogen (secondary N) is 1. The summed E-state index contributed by atoms with van der Waals surface area (Å²) in [5, 5.41) is 3.57. The van der Waals surface area contributed by atoms with Gasteiger partial charge in [0, 0.05) is 38.4 Å². The number of nitrogens with zero attached hydrogens (tertiary/aromatic N) is 3. The molecule has 1 saturated heterocycles. The van der Waals surface area contributed by atoms with Gasteiger partial charge in [-0.3, -0.25) is 9.69 Å². The highest BCUT2D eigenvalue weighted by molar-refractivity contribution is 5.75. The van der Waals surface area contributed by atoms with Crippen molar-refractivity contribution >= 4 is 5.91 Å². The number of amides is 1. The van der Waals surface area contributed by atoms with Gasteiger partial charge in [-0.2, -0.15) is 0 Å². The van der Waals surface area contributed by atoms with E-state index in [9.17, 15) is 4.79 Å². The van der Waals surface area contributed by atoms with Crippen LogP contribution >= 0.6 is 0 Å². The van der Waals surface area contributed by atoms with Gasteiger partial charge in [-0.05, 0) is 19.8 Å². The lowest BCUT2D eigenvalue weighted by Gasteiger charge is -2.31. The summed E-state index contributed by atoms with van der Waals surface area (Å²) in [6, 6.07) is 0.518. The second-order valence-corrected chi connectivity index (χ2v) is 5.07. The fourth-order valence-corrected chi connectivity index (χ4v) is 2.54. The SMILES string of the molecule is CCn1cncc1CNC1CCN(CC(N)=O)CC1. The van der Waals surface area contributed by atoms with Gasteiger partial charge in [0.05, 0.1) is 18.6 Å². The van der Waals surface area contributed by atoms with Crippen LogP contribution in [0.25, 0.3) is 0 Å². The van der Waals surface area contributed by atoms with Crippen molar-refractivity contribution in [1.29, 1.82) is 0 Å². The van der Waals surface area contributed by atoms with Crippen molar-refractivity contribution in [2.75, 3.05) is 19.6 Å². The second-order valence-electron chi connectivity index (χ2n) is 5.07. The van der Waals surface area contributed by atoms with E-state index in [4.69, 9.17) is 5.73 Å². The first-order chi connectivity index (χ1) is 9.19. The van der Waals surface area contributed by atoms with Gasteiger partial charge < -0.3 is 15.6 Å². The highest BCUT2D eigenvalue weighted by Crippen LogP contribution is 2.10. The maximum absolute atomic E-state index is 10.9. The number of aryl methyl sites for hydroxylation is 1. The third kappa shape index (κ3) is 4.04. The summed E-state index contributed by atoms with van der Waals surface area (Å²) in [7, 11) is 0. The zero-order valence-corrected chi connectivity index (χ0v) is 11.5. The van der Waals surface area contributed by atoms with Crippen LogP contribution in [0.3, 0.4) is 0 Å². The normalized spacial score (nSPS) is 17.7. The summed E-state index contributed by atoms with van der Waals surface area (Å²) in [6.45, 7) is 6.19. The number of carbonyl (C=O) groups excluding carboxylic acids is 1. The number of carbonyl (C=O) groups is 1. The average molecular weight is 265 g/mol. The minimum atomic E-state index is -0.238. The summed E-state index contributed by atoms with van der Waals surface area (Å²) in [5.41, 5.74) is 6.43. The molecule has 0 radical (unpaired) electrons. The summed E-state index contributed by atoms with van der Waals surface area (Å²) in [5.74, 6) is -0.238. The topological polar surface area (TPSA) is 76.2 Å². The number of nitrogens with two attached hydrogens (primary N) is 1. The molecule has 0 aliphatic carbocycles. The van der Waals surface area contributed by atoms with E-state index in [1.807, 2.05) is 12.5 Å². The first kappa shape index (κ1) is 14.0. The highest BCUT2D eigenvalue weighted by atomic mass is 16.1. The van der Waals surface area contributed by atoms with E-state index >= 15 is 0 Å². The molecule has 3 N–H and O–H groups in total. The quantitative estimate of drug-likeness (QED) is 0.755. The van der Waals surface area contributed by atoms with Crippen molar-refractivity contribution in [3.05, 3.63) is 18.2 Å². The summed E-state index contributed by atoms with van der Waals surface area (Å²) in [4.78, 5) is 17.1. The Morgan fingerprint density at radius 1 is 1.53 bits per heavy atom. The van der Waals surface area contributed by atoms with E-state index in [2.05, 4.69) is 26.7 Å². The molecule has 0 bridgehead atoms. The number of hydrogen-bond donors (Lipinski definition) is 2. The van der Waals surface area contributed by atoms with Gasteiger partial charge in [0.15, 0.2) is 0 Å². The molecule has 6 nitrogen and oxygen atoms in total. The lowest BCUT2D eigenvalue weighted by Crippen LogP contribution is -2.45. The molecule has 1 fully saturated rings. The smallest absolute Gasteiger partial charge is 0.231 e. The van der Waals surface area contributed by atoms with Crippen LogP contribution in [0.15, 0.2) is 12.5 Å². The van der Waals surface area contributed by atoms with Crippen LogP contribution in [0, 0.1) is 0 Å². The van der Waals surface area contributed by atoms with E-state index in [0.717, 1.165) is 39.0 Å². The van der Waals surface area contributed by atoms with Crippen LogP contribution in [0.2, 0.25) is 0 Å². The number of rotatable bonds is 6. The third-order valence-corrected chi connectivity index (χ3v) is 3.68. The van der Waals surface area contributed by atoms with Crippen molar-refractivity contribution in [2.24, 2.45) is 5.73 Å². The fourth-order valence-electron chi connectivity index (χ4n) is 2.54. The van der Waals surface area contributed by atoms with Crippen molar-refractivity contribution < 1.29 is 4.79 Å². The summed E-state index contributed by atoms with van der Waals surface area (Å²) >= 11 is 0. The lowest BCUT2D eigenvalue weighted by molar-refractivity contribution is -0.119. The Morgan fingerprint density at radius 2 is 2.26 bits per heavy atom. The van der Waals surface area contributed by atoms with Crippen LogP contribution in [-0.2, 0) is 17.9 Å². The van der Waals surface area contributed by atoms with Crippen LogP contribution in [0.4, 0.5) is 0 Å². The number of hydrogen-bond acceptors (Lipinski definition) is 4. The van der Waals surface area contributed by atoms with E-state index in [1.54, 1.807) is 0 Å². The van der Waals surface area contributed by atoms with E-state index in [1.165, 1.54) is 5.69 Å². The zero-order valence-electron chi connectivity index (χ0n) is 11.5. The predicted octanol–water partition coefficient (Wildman–Crippen LogP) is -0.0577. The third-order valence-electron chi connectivity index (χ3n) is 3.68. The molecule has 2 heterocycles. The maximum atomic E-state index is 10.9. The molecule has 0 atom stereocenters. The highest BCUT2D eigenvalue weighted by Gasteiger charge is 2.19. The van der Waals surface area contributed by atoms with E-state index in [-0.39, 0.29) is 5.91 Å². The van der Waals surface area contributed by atoms with Gasteiger partial charge in [-0.15, -0.1) is 0 Å². The monoisotopic (exact) mass is 265 g/mol. The Balaban J connectivity index is 1.72. The van der Waals surface area contributed by atoms with Crippen molar-refractivity contribution in [1.82, 2.24) is 19.8 Å². The molecule has 6 heteroatoms. The Kier molecular flexibility index (Phi) is 4.93. The molecule has 1 aliphatic heterocycles. The molecule has 0 spiro atoms. The first-order valence-corrected chi connectivity index (χ1v) is 6.92. The van der Waals surface area contributed by atoms with Gasteiger partial charge in [-0.25, -0.2) is 4.98 Å². The Bertz CT molecular complexity index is 409. The van der Waals surface area contributed by atoms with Crippen LogP contribution in [0.5, 0.6) is 0 Å². The van der Waals surface area contributed by atoms with Gasteiger partial charge in [0.2, 0.25) is 5.91 Å². The van der Waals surface area contributed by atoms with Crippen molar-refractivity contribution in [2.45, 2.75) is 38.9 Å². The zero-order chi connectivity index (χ0) is 13.7. The molecular weight excluding hydrogens is 242 g/mol. The Hall–Kier alpha value is -1.40. The van der Waals surface area contributed by atoms with Crippen LogP contribution in [-0.4, -0.2) is 46.0 Å². The molecule has 1 aromatic heterocycles. The van der Waals surface area contributed by atoms with Crippen LogP contribution < -0.4 is 11.1 Å². The van der Waals surface area contributed by atoms with E-state index < -0.39 is 0 Å². The van der Waals surface area contributed by atoms with Gasteiger partial charge in [0.1, 0.15) is 0 Å². The molecule has 19 heavy (non-hydrogen) atoms. The van der Waals surface area contributed by atoms with Gasteiger partial charge >= 0.3 is 0 Å². The number of imidazole rings is 1. The minimum Gasteiger partial charge on any atom is -0.369 e. The number of piperidine rings is 1. The first-order valence-electron chi connectivity index (χ1n) is 6.92. The van der Waals surface area contributed by atoms with Gasteiger partial charge in [0.25, 0.3) is 0 Å². The molecule has 1 amide bonds. The molecule has 0 aromatic carbocycles. The Morgan fingerprint density at radius 3 is 2.89 bits per heavy atom. The number of likely N-dealkylation sites (tertiary alicyclic amines) is 1. The molecule has 1 aromatic rings. The second kappa shape index (κ2) is 6.68. The molecule has 0 saturated carbocycles. The fraction of sp³-hybridized carbons (Fsp3) is 0.692. The maximum Gasteiger partial charge on any atom is 0.231 e. The molecule has 1 aliphatic rings. The lowest BCUT2D eigenvalue weighted by atomic mass is 10.0. The predicted molar refractivity (Wildman–Crippen MR) is 73.4 cm³/mol. The largest absolute Gasteiger partial charge is 0.369 e. The standard InChI is InChI=1S/C13H23N5O/c1-2-18-10-15-7-12(18)8-16-11-3-5-17(6-4-11)9-13(14)19/h7,10-11,16H,2-6,8-9H2,1H3,(H2,14,19). The van der Waals surface area contributed by atoms with Crippen molar-refractivity contribution in [3.8, 4) is 0 Å². The molecule has 0 unspecified atom stereocenters. The Labute approximate surface area is 114 Å².